The van der Waals surface area contributed by atoms with Gasteiger partial charge in [-0.25, -0.2) is 14.1 Å². The molecule has 0 fully saturated rings. The Morgan fingerprint density at radius 3 is 2.79 bits per heavy atom. The minimum Gasteiger partial charge on any atom is -0.338 e. The van der Waals surface area contributed by atoms with Gasteiger partial charge in [0.2, 0.25) is 5.96 Å². The fraction of sp³-hybridized carbons (Fsp3) is 0.241. The number of nitrogens with zero attached hydrogens (tertiary/aromatic N) is 6. The van der Waals surface area contributed by atoms with Crippen molar-refractivity contribution in [1.29, 1.82) is 0 Å². The van der Waals surface area contributed by atoms with Crippen molar-refractivity contribution in [1.82, 2.24) is 19.7 Å². The van der Waals surface area contributed by atoms with Crippen LogP contribution in [0.4, 0.5) is 21.7 Å². The molecule has 1 aromatic carbocycles. The van der Waals surface area contributed by atoms with Crippen LogP contribution in [0.25, 0.3) is 0 Å². The number of hydrogen-bond acceptors (Lipinski definition) is 6. The van der Waals surface area contributed by atoms with E-state index in [1.807, 2.05) is 47.2 Å². The molecule has 0 radical (unpaired) electrons. The van der Waals surface area contributed by atoms with Crippen LogP contribution < -0.4 is 10.2 Å². The summed E-state index contributed by atoms with van der Waals surface area (Å²) in [4.78, 5) is 26.5. The first-order valence-electron chi connectivity index (χ1n) is 12.8. The van der Waals surface area contributed by atoms with E-state index in [1.54, 1.807) is 24.2 Å². The topological polar surface area (TPSA) is 78.7 Å². The molecule has 1 N–H and O–H groups in total. The largest absolute Gasteiger partial charge is 0.338 e. The minimum atomic E-state index is -0.291. The summed E-state index contributed by atoms with van der Waals surface area (Å²) in [6.45, 7) is 0.471. The number of nitrogens with one attached hydrogen (secondary N) is 1. The molecule has 0 bridgehead atoms. The average molecular weight is 508 g/mol. The number of rotatable bonds is 5. The third-order valence-electron chi connectivity index (χ3n) is 7.55. The molecule has 190 valence electrons. The second kappa shape index (κ2) is 8.79. The highest BCUT2D eigenvalue weighted by Crippen LogP contribution is 2.43. The summed E-state index contributed by atoms with van der Waals surface area (Å²) < 4.78 is 16.2. The third-order valence-corrected chi connectivity index (χ3v) is 7.55. The molecule has 8 nitrogen and oxygen atoms in total. The molecule has 9 heteroatoms. The van der Waals surface area contributed by atoms with E-state index in [0.29, 0.717) is 36.0 Å². The molecular formula is C29H26FN7O. The van der Waals surface area contributed by atoms with Crippen LogP contribution in [0.1, 0.15) is 41.2 Å². The lowest BCUT2D eigenvalue weighted by molar-refractivity contribution is 0.0865. The van der Waals surface area contributed by atoms with Crippen molar-refractivity contribution in [3.8, 4) is 0 Å². The van der Waals surface area contributed by atoms with Crippen molar-refractivity contribution >= 4 is 29.2 Å². The number of carbonyl (C=O) groups excluding carboxylic acids is 1. The van der Waals surface area contributed by atoms with Crippen LogP contribution in [0, 0.1) is 5.82 Å². The summed E-state index contributed by atoms with van der Waals surface area (Å²) in [5, 5.41) is 8.29. The second-order valence-corrected chi connectivity index (χ2v) is 9.91. The molecule has 0 saturated heterocycles. The molecule has 2 aliphatic heterocycles. The van der Waals surface area contributed by atoms with Gasteiger partial charge in [-0.15, -0.1) is 0 Å². The number of fused-ring (bicyclic) bond motifs is 5. The molecule has 2 aliphatic carbocycles. The van der Waals surface area contributed by atoms with Gasteiger partial charge in [-0.05, 0) is 49.1 Å². The number of guanidine groups is 1. The van der Waals surface area contributed by atoms with E-state index in [0.717, 1.165) is 35.6 Å². The summed E-state index contributed by atoms with van der Waals surface area (Å²) in [6, 6.07) is 12.9. The van der Waals surface area contributed by atoms with E-state index in [4.69, 9.17) is 10.1 Å². The maximum absolute atomic E-state index is 14.3. The normalized spacial score (nSPS) is 21.5. The molecule has 38 heavy (non-hydrogen) atoms. The summed E-state index contributed by atoms with van der Waals surface area (Å²) in [5.41, 5.74) is 3.90. The maximum Gasteiger partial charge on any atom is 0.267 e. The fourth-order valence-corrected chi connectivity index (χ4v) is 5.68. The SMILES string of the molecule is CN1C(=O)c2c(Nc3ccccc3)nn(CC3=CCC(c4ncccc4F)C=C3)c2N2C1=NC1=CCC[C@@H]12. The van der Waals surface area contributed by atoms with Gasteiger partial charge in [-0.1, -0.05) is 42.5 Å². The quantitative estimate of drug-likeness (QED) is 0.518. The fourth-order valence-electron chi connectivity index (χ4n) is 5.68. The smallest absolute Gasteiger partial charge is 0.267 e. The van der Waals surface area contributed by atoms with Crippen molar-refractivity contribution in [2.45, 2.75) is 37.8 Å². The zero-order valence-corrected chi connectivity index (χ0v) is 20.9. The van der Waals surface area contributed by atoms with E-state index < -0.39 is 0 Å². The highest BCUT2D eigenvalue weighted by molar-refractivity contribution is 6.21. The predicted octanol–water partition coefficient (Wildman–Crippen LogP) is 5.14. The van der Waals surface area contributed by atoms with Crippen molar-refractivity contribution in [2.24, 2.45) is 4.99 Å². The molecule has 1 unspecified atom stereocenters. The summed E-state index contributed by atoms with van der Waals surface area (Å²) in [7, 11) is 1.77. The van der Waals surface area contributed by atoms with Gasteiger partial charge >= 0.3 is 0 Å². The lowest BCUT2D eigenvalue weighted by atomic mass is 9.93. The molecule has 0 spiro atoms. The first-order chi connectivity index (χ1) is 18.6. The van der Waals surface area contributed by atoms with E-state index in [2.05, 4.69) is 27.4 Å². The van der Waals surface area contributed by atoms with Gasteiger partial charge in [0.05, 0.1) is 24.0 Å². The van der Waals surface area contributed by atoms with Crippen LogP contribution in [-0.2, 0) is 6.54 Å². The Bertz CT molecular complexity index is 1570. The van der Waals surface area contributed by atoms with Gasteiger partial charge in [0.25, 0.3) is 5.91 Å². The highest BCUT2D eigenvalue weighted by Gasteiger charge is 2.47. The highest BCUT2D eigenvalue weighted by atomic mass is 19.1. The number of pyridine rings is 1. The molecule has 3 aromatic rings. The Kier molecular flexibility index (Phi) is 5.24. The molecule has 2 atom stereocenters. The standard InChI is InChI=1S/C29H26FN7O/c1-35-28(38)24-26(32-20-7-3-2-4-8-20)34-36(27(24)37-23-11-5-10-22(23)33-29(35)37)17-18-12-14-19(15-13-18)25-21(30)9-6-16-31-25/h2-4,6-10,12-14,16,19,23H,5,11,15,17H2,1H3,(H,32,34)/t19?,23-/m0/s1. The monoisotopic (exact) mass is 507 g/mol. The van der Waals surface area contributed by atoms with E-state index >= 15 is 0 Å². The Morgan fingerprint density at radius 1 is 1.13 bits per heavy atom. The number of benzene rings is 1. The first kappa shape index (κ1) is 22.7. The zero-order chi connectivity index (χ0) is 25.8. The lowest BCUT2D eigenvalue weighted by Crippen LogP contribution is -2.51. The number of para-hydroxylation sites is 1. The van der Waals surface area contributed by atoms with E-state index in [-0.39, 0.29) is 23.7 Å². The van der Waals surface area contributed by atoms with Crippen LogP contribution in [0.3, 0.4) is 0 Å². The van der Waals surface area contributed by atoms with Crippen LogP contribution in [0.15, 0.2) is 89.2 Å². The summed E-state index contributed by atoms with van der Waals surface area (Å²) in [5.74, 6) is 1.38. The molecule has 7 rings (SSSR count). The zero-order valence-electron chi connectivity index (χ0n) is 20.9. The van der Waals surface area contributed by atoms with Crippen LogP contribution in [0.5, 0.6) is 0 Å². The number of amides is 1. The lowest BCUT2D eigenvalue weighted by Gasteiger charge is -2.35. The van der Waals surface area contributed by atoms with Crippen molar-refractivity contribution in [2.75, 3.05) is 17.3 Å². The third kappa shape index (κ3) is 3.57. The molecule has 4 aliphatic rings. The van der Waals surface area contributed by atoms with Gasteiger partial charge in [0.1, 0.15) is 17.2 Å². The van der Waals surface area contributed by atoms with Crippen LogP contribution in [-0.4, -0.2) is 44.6 Å². The summed E-state index contributed by atoms with van der Waals surface area (Å²) in [6.07, 6.45) is 12.4. The van der Waals surface area contributed by atoms with Gasteiger partial charge in [-0.2, -0.15) is 5.10 Å². The predicted molar refractivity (Wildman–Crippen MR) is 144 cm³/mol. The Morgan fingerprint density at radius 2 is 2.00 bits per heavy atom. The average Bonchev–Trinajstić information content (AvgIpc) is 3.62. The van der Waals surface area contributed by atoms with E-state index in [9.17, 15) is 9.18 Å². The van der Waals surface area contributed by atoms with Crippen LogP contribution >= 0.6 is 0 Å². The van der Waals surface area contributed by atoms with Gasteiger partial charge in [-0.3, -0.25) is 19.6 Å². The number of aliphatic imine (C=N–C) groups is 1. The van der Waals surface area contributed by atoms with Gasteiger partial charge in [0, 0.05) is 24.8 Å². The van der Waals surface area contributed by atoms with Gasteiger partial charge in [0.15, 0.2) is 5.82 Å². The molecule has 2 aromatic heterocycles. The van der Waals surface area contributed by atoms with Gasteiger partial charge < -0.3 is 5.32 Å². The molecular weight excluding hydrogens is 481 g/mol. The summed E-state index contributed by atoms with van der Waals surface area (Å²) >= 11 is 0. The Labute approximate surface area is 219 Å². The minimum absolute atomic E-state index is 0.0895. The molecule has 1 amide bonds. The number of allylic oxidation sites excluding steroid dienone is 5. The number of carbonyl (C=O) groups is 1. The second-order valence-electron chi connectivity index (χ2n) is 9.91. The Hall–Kier alpha value is -4.53. The molecule has 0 saturated carbocycles. The first-order valence-corrected chi connectivity index (χ1v) is 12.8. The van der Waals surface area contributed by atoms with E-state index in [1.165, 1.54) is 6.07 Å². The van der Waals surface area contributed by atoms with Crippen molar-refractivity contribution in [3.05, 3.63) is 101 Å². The Balaban J connectivity index is 1.27. The number of aromatic nitrogens is 3. The number of anilines is 3. The van der Waals surface area contributed by atoms with Crippen molar-refractivity contribution in [3.63, 3.8) is 0 Å². The maximum atomic E-state index is 14.3. The van der Waals surface area contributed by atoms with Crippen LogP contribution in [0.2, 0.25) is 0 Å². The number of hydrogen-bond donors (Lipinski definition) is 1. The number of halogens is 1. The van der Waals surface area contributed by atoms with Crippen molar-refractivity contribution < 1.29 is 9.18 Å². The molecule has 4 heterocycles.